The molecule has 2 N–H and O–H groups in total. The molecule has 0 aliphatic rings. The largest absolute Gasteiger partial charge is 0.339 e. The zero-order valence-corrected chi connectivity index (χ0v) is 9.33. The first kappa shape index (κ1) is 10.3. The predicted molar refractivity (Wildman–Crippen MR) is 58.6 cm³/mol. The monoisotopic (exact) mass is 223 g/mol. The van der Waals surface area contributed by atoms with Crippen molar-refractivity contribution in [3.8, 4) is 0 Å². The van der Waals surface area contributed by atoms with E-state index in [0.717, 1.165) is 6.42 Å². The van der Waals surface area contributed by atoms with Gasteiger partial charge in [-0.3, -0.25) is 0 Å². The number of nitrogens with two attached hydrogens (primary N) is 1. The summed E-state index contributed by atoms with van der Waals surface area (Å²) in [4.78, 5) is 5.48. The zero-order valence-electron chi connectivity index (χ0n) is 8.51. The Morgan fingerprint density at radius 2 is 2.47 bits per heavy atom. The molecule has 0 bridgehead atoms. The van der Waals surface area contributed by atoms with Gasteiger partial charge < -0.3 is 10.3 Å². The van der Waals surface area contributed by atoms with Crippen molar-refractivity contribution in [2.24, 2.45) is 5.73 Å². The Labute approximate surface area is 92.1 Å². The van der Waals surface area contributed by atoms with E-state index in [1.807, 2.05) is 24.4 Å². The van der Waals surface area contributed by atoms with E-state index in [1.165, 1.54) is 4.88 Å². The molecule has 2 aromatic heterocycles. The number of thiophene rings is 1. The van der Waals surface area contributed by atoms with Gasteiger partial charge >= 0.3 is 0 Å². The first-order valence-electron chi connectivity index (χ1n) is 4.90. The van der Waals surface area contributed by atoms with E-state index < -0.39 is 0 Å². The molecule has 2 rings (SSSR count). The van der Waals surface area contributed by atoms with Crippen molar-refractivity contribution in [2.45, 2.75) is 25.8 Å². The van der Waals surface area contributed by atoms with E-state index in [9.17, 15) is 0 Å². The van der Waals surface area contributed by atoms with Crippen molar-refractivity contribution in [3.63, 3.8) is 0 Å². The minimum Gasteiger partial charge on any atom is -0.339 e. The van der Waals surface area contributed by atoms with Gasteiger partial charge in [0.05, 0.1) is 12.5 Å². The van der Waals surface area contributed by atoms with E-state index >= 15 is 0 Å². The fraction of sp³-hybridized carbons (Fsp3) is 0.400. The van der Waals surface area contributed by atoms with Crippen molar-refractivity contribution in [1.82, 2.24) is 10.1 Å². The van der Waals surface area contributed by atoms with Crippen LogP contribution in [0.25, 0.3) is 0 Å². The molecule has 0 spiro atoms. The molecule has 2 aromatic rings. The Balaban J connectivity index is 2.07. The highest BCUT2D eigenvalue weighted by Gasteiger charge is 2.12. The minimum atomic E-state index is -0.120. The third kappa shape index (κ3) is 2.43. The first-order valence-corrected chi connectivity index (χ1v) is 5.78. The van der Waals surface area contributed by atoms with Crippen LogP contribution in [0.4, 0.5) is 0 Å². The average Bonchev–Trinajstić information content (AvgIpc) is 2.88. The molecule has 0 saturated carbocycles. The van der Waals surface area contributed by atoms with Gasteiger partial charge in [-0.05, 0) is 17.9 Å². The van der Waals surface area contributed by atoms with Crippen LogP contribution in [0.5, 0.6) is 0 Å². The summed E-state index contributed by atoms with van der Waals surface area (Å²) in [6, 6.07) is 3.94. The highest BCUT2D eigenvalue weighted by Crippen LogP contribution is 2.15. The molecule has 2 heterocycles. The van der Waals surface area contributed by atoms with Gasteiger partial charge in [0.2, 0.25) is 5.89 Å². The van der Waals surface area contributed by atoms with Crippen LogP contribution < -0.4 is 5.73 Å². The fourth-order valence-electron chi connectivity index (χ4n) is 1.24. The van der Waals surface area contributed by atoms with Crippen LogP contribution in [-0.4, -0.2) is 10.1 Å². The van der Waals surface area contributed by atoms with Crippen LogP contribution in [0.1, 0.15) is 36.0 Å². The van der Waals surface area contributed by atoms with Crippen LogP contribution in [0, 0.1) is 0 Å². The van der Waals surface area contributed by atoms with E-state index in [0.29, 0.717) is 18.1 Å². The predicted octanol–water partition coefficient (Wildman–Crippen LogP) is 2.13. The Bertz CT molecular complexity index is 410. The molecule has 0 aromatic carbocycles. The normalized spacial score (nSPS) is 12.9. The summed E-state index contributed by atoms with van der Waals surface area (Å²) in [5.41, 5.74) is 5.80. The molecule has 0 amide bonds. The van der Waals surface area contributed by atoms with Gasteiger partial charge in [0.15, 0.2) is 5.82 Å². The topological polar surface area (TPSA) is 64.9 Å². The van der Waals surface area contributed by atoms with Crippen molar-refractivity contribution >= 4 is 11.3 Å². The van der Waals surface area contributed by atoms with Crippen LogP contribution in [0.2, 0.25) is 0 Å². The van der Waals surface area contributed by atoms with Crippen LogP contribution >= 0.6 is 11.3 Å². The maximum Gasteiger partial charge on any atom is 0.231 e. The molecule has 80 valence electrons. The van der Waals surface area contributed by atoms with E-state index in [1.54, 1.807) is 11.3 Å². The van der Waals surface area contributed by atoms with Gasteiger partial charge in [0.25, 0.3) is 0 Å². The van der Waals surface area contributed by atoms with Gasteiger partial charge in [-0.15, -0.1) is 11.3 Å². The number of rotatable bonds is 4. The van der Waals surface area contributed by atoms with E-state index in [2.05, 4.69) is 10.1 Å². The zero-order chi connectivity index (χ0) is 10.7. The molecule has 0 aliphatic carbocycles. The second kappa shape index (κ2) is 4.55. The Hall–Kier alpha value is -1.20. The smallest absolute Gasteiger partial charge is 0.231 e. The van der Waals surface area contributed by atoms with Crippen LogP contribution in [0.3, 0.4) is 0 Å². The summed E-state index contributed by atoms with van der Waals surface area (Å²) in [6.07, 6.45) is 1.51. The number of aromatic nitrogens is 2. The van der Waals surface area contributed by atoms with Gasteiger partial charge in [0.1, 0.15) is 0 Å². The molecule has 0 fully saturated rings. The second-order valence-electron chi connectivity index (χ2n) is 3.32. The maximum atomic E-state index is 5.80. The van der Waals surface area contributed by atoms with Gasteiger partial charge in [0, 0.05) is 4.88 Å². The number of hydrogen-bond donors (Lipinski definition) is 1. The highest BCUT2D eigenvalue weighted by molar-refractivity contribution is 7.09. The quantitative estimate of drug-likeness (QED) is 0.862. The number of nitrogens with zero attached hydrogens (tertiary/aromatic N) is 2. The lowest BCUT2D eigenvalue weighted by Crippen LogP contribution is -2.10. The third-order valence-corrected chi connectivity index (χ3v) is 3.04. The Kier molecular flexibility index (Phi) is 3.13. The summed E-state index contributed by atoms with van der Waals surface area (Å²) in [6.45, 7) is 2.00. The third-order valence-electron chi connectivity index (χ3n) is 2.16. The van der Waals surface area contributed by atoms with E-state index in [4.69, 9.17) is 10.3 Å². The molecule has 0 saturated heterocycles. The van der Waals surface area contributed by atoms with Crippen molar-refractivity contribution < 1.29 is 4.52 Å². The minimum absolute atomic E-state index is 0.120. The highest BCUT2D eigenvalue weighted by atomic mass is 32.1. The molecule has 15 heavy (non-hydrogen) atoms. The molecular formula is C10H13N3OS. The summed E-state index contributed by atoms with van der Waals surface area (Å²) in [5.74, 6) is 1.24. The van der Waals surface area contributed by atoms with Crippen LogP contribution in [-0.2, 0) is 6.42 Å². The lowest BCUT2D eigenvalue weighted by molar-refractivity contribution is 0.375. The van der Waals surface area contributed by atoms with Crippen molar-refractivity contribution in [1.29, 1.82) is 0 Å². The summed E-state index contributed by atoms with van der Waals surface area (Å²) in [7, 11) is 0. The van der Waals surface area contributed by atoms with Crippen LogP contribution in [0.15, 0.2) is 22.0 Å². The molecule has 0 aliphatic heterocycles. The van der Waals surface area contributed by atoms with Gasteiger partial charge in [-0.2, -0.15) is 4.98 Å². The first-order chi connectivity index (χ1) is 7.29. The number of hydrogen-bond acceptors (Lipinski definition) is 5. The summed E-state index contributed by atoms with van der Waals surface area (Å²) < 4.78 is 5.13. The lowest BCUT2D eigenvalue weighted by atomic mass is 10.2. The van der Waals surface area contributed by atoms with Crippen molar-refractivity contribution in [3.05, 3.63) is 34.1 Å². The SMILES string of the molecule is CCC(N)c1noc(Cc2cccs2)n1. The van der Waals surface area contributed by atoms with Gasteiger partial charge in [-0.25, -0.2) is 0 Å². The Morgan fingerprint density at radius 3 is 3.13 bits per heavy atom. The lowest BCUT2D eigenvalue weighted by Gasteiger charge is -1.99. The molecular weight excluding hydrogens is 210 g/mol. The van der Waals surface area contributed by atoms with Gasteiger partial charge in [-0.1, -0.05) is 18.1 Å². The maximum absolute atomic E-state index is 5.80. The van der Waals surface area contributed by atoms with Crippen molar-refractivity contribution in [2.75, 3.05) is 0 Å². The summed E-state index contributed by atoms with van der Waals surface area (Å²) in [5, 5.41) is 5.89. The average molecular weight is 223 g/mol. The van der Waals surface area contributed by atoms with E-state index in [-0.39, 0.29) is 6.04 Å². The Morgan fingerprint density at radius 1 is 1.60 bits per heavy atom. The molecule has 5 heteroatoms. The second-order valence-corrected chi connectivity index (χ2v) is 4.35. The fourth-order valence-corrected chi connectivity index (χ4v) is 1.93. The summed E-state index contributed by atoms with van der Waals surface area (Å²) >= 11 is 1.68. The standard InChI is InChI=1S/C10H13N3OS/c1-2-8(11)10-12-9(14-13-10)6-7-4-3-5-15-7/h3-5,8H,2,6,11H2,1H3. The molecule has 0 radical (unpaired) electrons. The molecule has 1 atom stereocenters. The molecule has 1 unspecified atom stereocenters. The molecule has 4 nitrogen and oxygen atoms in total.